The lowest BCUT2D eigenvalue weighted by molar-refractivity contribution is -0.137. The number of halogens is 4. The summed E-state index contributed by atoms with van der Waals surface area (Å²) in [5, 5.41) is 3.20. The zero-order chi connectivity index (χ0) is 13.9. The van der Waals surface area contributed by atoms with Gasteiger partial charge in [-0.15, -0.1) is 0 Å². The molecule has 0 bridgehead atoms. The van der Waals surface area contributed by atoms with E-state index in [0.717, 1.165) is 0 Å². The summed E-state index contributed by atoms with van der Waals surface area (Å²) in [6.45, 7) is 0. The van der Waals surface area contributed by atoms with Crippen molar-refractivity contribution in [1.29, 1.82) is 0 Å². The van der Waals surface area contributed by atoms with Crippen molar-refractivity contribution in [1.82, 2.24) is 4.98 Å². The molecular weight excluding hydrogens is 291 g/mol. The molecule has 18 heavy (non-hydrogen) atoms. The molecule has 0 atom stereocenters. The quantitative estimate of drug-likeness (QED) is 0.529. The number of thiocarbonyl (C=S) groups is 1. The zero-order valence-corrected chi connectivity index (χ0v) is 10.5. The average molecular weight is 298 g/mol. The molecule has 0 amide bonds. The number of alkyl halides is 3. The first-order chi connectivity index (χ1) is 8.27. The average Bonchev–Trinajstić information content (AvgIpc) is 2.24. The zero-order valence-electron chi connectivity index (χ0n) is 8.95. The van der Waals surface area contributed by atoms with Crippen molar-refractivity contribution in [3.05, 3.63) is 28.5 Å². The molecule has 4 nitrogen and oxygen atoms in total. The number of hydrogen-bond donors (Lipinski definition) is 1. The van der Waals surface area contributed by atoms with Crippen molar-refractivity contribution in [3.8, 4) is 0 Å². The minimum atomic E-state index is -4.53. The molecule has 0 spiro atoms. The van der Waals surface area contributed by atoms with Crippen molar-refractivity contribution >= 4 is 34.5 Å². The molecule has 0 aliphatic heterocycles. The van der Waals surface area contributed by atoms with Crippen LogP contribution in [0.4, 0.5) is 13.2 Å². The predicted octanol–water partition coefficient (Wildman–Crippen LogP) is 2.39. The maximum absolute atomic E-state index is 12.4. The van der Waals surface area contributed by atoms with Gasteiger partial charge in [0, 0.05) is 6.20 Å². The third-order valence-electron chi connectivity index (χ3n) is 1.81. The minimum absolute atomic E-state index is 0.0704. The van der Waals surface area contributed by atoms with Gasteiger partial charge < -0.3 is 10.6 Å². The summed E-state index contributed by atoms with van der Waals surface area (Å²) < 4.78 is 37.2. The van der Waals surface area contributed by atoms with Gasteiger partial charge in [-0.2, -0.15) is 13.2 Å². The van der Waals surface area contributed by atoms with Crippen molar-refractivity contribution in [2.75, 3.05) is 7.11 Å². The Morgan fingerprint density at radius 3 is 2.56 bits per heavy atom. The van der Waals surface area contributed by atoms with Crippen LogP contribution < -0.4 is 5.73 Å². The van der Waals surface area contributed by atoms with Gasteiger partial charge in [-0.3, -0.25) is 4.98 Å². The molecule has 0 unspecified atom stereocenters. The maximum atomic E-state index is 12.4. The van der Waals surface area contributed by atoms with E-state index in [1.54, 1.807) is 0 Å². The molecule has 0 fully saturated rings. The van der Waals surface area contributed by atoms with Gasteiger partial charge >= 0.3 is 6.18 Å². The smallest absolute Gasteiger partial charge is 0.399 e. The normalized spacial score (nSPS) is 12.4. The highest BCUT2D eigenvalue weighted by molar-refractivity contribution is 7.82. The summed E-state index contributed by atoms with van der Waals surface area (Å²) in [4.78, 5) is 7.84. The van der Waals surface area contributed by atoms with Gasteiger partial charge in [-0.1, -0.05) is 29.0 Å². The fraction of sp³-hybridized carbons (Fsp3) is 0.222. The molecular formula is C9H7ClF3N3OS. The first kappa shape index (κ1) is 14.7. The Hall–Kier alpha value is -1.41. The monoisotopic (exact) mass is 297 g/mol. The van der Waals surface area contributed by atoms with E-state index in [-0.39, 0.29) is 21.4 Å². The highest BCUT2D eigenvalue weighted by Gasteiger charge is 2.32. The van der Waals surface area contributed by atoms with Gasteiger partial charge in [0.1, 0.15) is 17.8 Å². The molecule has 1 heterocycles. The predicted molar refractivity (Wildman–Crippen MR) is 64.6 cm³/mol. The third kappa shape index (κ3) is 3.30. The van der Waals surface area contributed by atoms with Crippen LogP contribution in [0.3, 0.4) is 0 Å². The van der Waals surface area contributed by atoms with E-state index < -0.39 is 11.7 Å². The Labute approximate surface area is 111 Å². The van der Waals surface area contributed by atoms with Crippen LogP contribution in [0.2, 0.25) is 5.02 Å². The van der Waals surface area contributed by atoms with Crippen molar-refractivity contribution < 1.29 is 18.0 Å². The maximum Gasteiger partial charge on any atom is 0.417 e. The molecule has 1 rings (SSSR count). The van der Waals surface area contributed by atoms with Gasteiger partial charge in [0.05, 0.1) is 10.6 Å². The van der Waals surface area contributed by atoms with Crippen LogP contribution in [0.25, 0.3) is 0 Å². The second-order valence-corrected chi connectivity index (χ2v) is 3.89. The standard InChI is InChI=1S/C9H7ClF3N3OS/c1-17-16-7(8(14)18)6-5(10)2-4(3-15-6)9(11,12)13/h2-3H,1H3,(H2,14,18)/b16-7-. The van der Waals surface area contributed by atoms with E-state index >= 15 is 0 Å². The van der Waals surface area contributed by atoms with Crippen LogP contribution in [0.1, 0.15) is 11.3 Å². The highest BCUT2D eigenvalue weighted by Crippen LogP contribution is 2.31. The number of aromatic nitrogens is 1. The summed E-state index contributed by atoms with van der Waals surface area (Å²) in [6.07, 6.45) is -3.92. The molecule has 9 heteroatoms. The number of nitrogens with two attached hydrogens (primary N) is 1. The van der Waals surface area contributed by atoms with Gasteiger partial charge in [0.2, 0.25) is 0 Å². The van der Waals surface area contributed by atoms with Crippen molar-refractivity contribution in [3.63, 3.8) is 0 Å². The Morgan fingerprint density at radius 1 is 1.56 bits per heavy atom. The molecule has 0 aromatic carbocycles. The summed E-state index contributed by atoms with van der Waals surface area (Å²) >= 11 is 10.4. The van der Waals surface area contributed by atoms with Gasteiger partial charge in [0.25, 0.3) is 0 Å². The van der Waals surface area contributed by atoms with Gasteiger partial charge in [-0.25, -0.2) is 0 Å². The first-order valence-electron chi connectivity index (χ1n) is 4.41. The Balaban J connectivity index is 3.28. The largest absolute Gasteiger partial charge is 0.417 e. The Kier molecular flexibility index (Phi) is 4.47. The van der Waals surface area contributed by atoms with E-state index in [1.807, 2.05) is 0 Å². The van der Waals surface area contributed by atoms with Crippen molar-refractivity contribution in [2.24, 2.45) is 10.9 Å². The SMILES string of the molecule is CO/N=C(\C(N)=S)c1ncc(C(F)(F)F)cc1Cl. The van der Waals surface area contributed by atoms with Crippen LogP contribution in [0, 0.1) is 0 Å². The van der Waals surface area contributed by atoms with Crippen LogP contribution in [-0.4, -0.2) is 22.8 Å². The summed E-state index contributed by atoms with van der Waals surface area (Å²) in [6, 6.07) is 0.716. The number of hydrogen-bond acceptors (Lipinski definition) is 4. The van der Waals surface area contributed by atoms with E-state index in [2.05, 4.69) is 27.2 Å². The number of pyridine rings is 1. The lowest BCUT2D eigenvalue weighted by Gasteiger charge is -2.09. The summed E-state index contributed by atoms with van der Waals surface area (Å²) in [7, 11) is 1.23. The molecule has 2 N–H and O–H groups in total. The van der Waals surface area contributed by atoms with Crippen LogP contribution in [-0.2, 0) is 11.0 Å². The first-order valence-corrected chi connectivity index (χ1v) is 5.20. The minimum Gasteiger partial charge on any atom is -0.399 e. The van der Waals surface area contributed by atoms with Crippen LogP contribution in [0.15, 0.2) is 17.4 Å². The van der Waals surface area contributed by atoms with Gasteiger partial charge in [-0.05, 0) is 6.07 Å². The molecule has 0 radical (unpaired) electrons. The van der Waals surface area contributed by atoms with Crippen LogP contribution in [0.5, 0.6) is 0 Å². The molecule has 1 aromatic heterocycles. The van der Waals surface area contributed by atoms with Crippen molar-refractivity contribution in [2.45, 2.75) is 6.18 Å². The molecule has 1 aromatic rings. The lowest BCUT2D eigenvalue weighted by Crippen LogP contribution is -2.24. The highest BCUT2D eigenvalue weighted by atomic mass is 35.5. The third-order valence-corrected chi connectivity index (χ3v) is 2.29. The Bertz CT molecular complexity index is 504. The number of nitrogens with zero attached hydrogens (tertiary/aromatic N) is 2. The van der Waals surface area contributed by atoms with Gasteiger partial charge in [0.15, 0.2) is 5.71 Å². The lowest BCUT2D eigenvalue weighted by atomic mass is 10.2. The summed E-state index contributed by atoms with van der Waals surface area (Å²) in [5.41, 5.74) is 4.21. The van der Waals surface area contributed by atoms with Crippen LogP contribution >= 0.6 is 23.8 Å². The number of rotatable bonds is 3. The summed E-state index contributed by atoms with van der Waals surface area (Å²) in [5.74, 6) is 0. The second-order valence-electron chi connectivity index (χ2n) is 3.04. The molecule has 0 saturated heterocycles. The second kappa shape index (κ2) is 5.49. The number of oxime groups is 1. The molecule has 0 saturated carbocycles. The molecule has 0 aliphatic rings. The fourth-order valence-electron chi connectivity index (χ4n) is 1.06. The van der Waals surface area contributed by atoms with E-state index in [1.165, 1.54) is 7.11 Å². The van der Waals surface area contributed by atoms with E-state index in [9.17, 15) is 13.2 Å². The molecule has 0 aliphatic carbocycles. The van der Waals surface area contributed by atoms with E-state index in [0.29, 0.717) is 12.3 Å². The topological polar surface area (TPSA) is 60.5 Å². The molecule has 98 valence electrons. The van der Waals surface area contributed by atoms with E-state index in [4.69, 9.17) is 17.3 Å². The fourth-order valence-corrected chi connectivity index (χ4v) is 1.45. The Morgan fingerprint density at radius 2 is 2.17 bits per heavy atom.